The molecule has 1 N–H and O–H groups in total. The van der Waals surface area contributed by atoms with Crippen molar-refractivity contribution in [1.82, 2.24) is 0 Å². The molecule has 1 rings (SSSR count). The molecule has 1 heteroatoms. The lowest BCUT2D eigenvalue weighted by Gasteiger charge is -2.35. The molecular weight excluding hydrogens is 136 g/mol. The second kappa shape index (κ2) is 3.29. The molecule has 0 saturated heterocycles. The van der Waals surface area contributed by atoms with Crippen LogP contribution in [0.2, 0.25) is 0 Å². The summed E-state index contributed by atoms with van der Waals surface area (Å²) in [5, 5.41) is 9.03. The van der Waals surface area contributed by atoms with Crippen LogP contribution in [0.25, 0.3) is 0 Å². The number of aliphatic hydroxyl groups excluding tert-OH is 1. The van der Waals surface area contributed by atoms with Gasteiger partial charge in [-0.3, -0.25) is 0 Å². The number of aliphatic hydroxyl groups is 1. The molecule has 0 radical (unpaired) electrons. The lowest BCUT2D eigenvalue weighted by Crippen LogP contribution is -2.25. The summed E-state index contributed by atoms with van der Waals surface area (Å²) < 4.78 is 0. The molecule has 64 valence electrons. The third-order valence-corrected chi connectivity index (χ3v) is 2.51. The van der Waals surface area contributed by atoms with Crippen molar-refractivity contribution in [1.29, 1.82) is 0 Å². The van der Waals surface area contributed by atoms with Crippen molar-refractivity contribution in [2.24, 2.45) is 17.8 Å². The lowest BCUT2D eigenvalue weighted by molar-refractivity contribution is 0.148. The van der Waals surface area contributed by atoms with Gasteiger partial charge in [-0.2, -0.15) is 0 Å². The van der Waals surface area contributed by atoms with E-state index in [0.29, 0.717) is 11.7 Å². The number of allylic oxidation sites excluding steroid dienone is 1. The summed E-state index contributed by atoms with van der Waals surface area (Å²) >= 11 is 0. The van der Waals surface area contributed by atoms with Crippen LogP contribution in [0, 0.1) is 17.8 Å². The van der Waals surface area contributed by atoms with Crippen LogP contribution >= 0.6 is 0 Å². The second-order valence-electron chi connectivity index (χ2n) is 4.16. The third-order valence-electron chi connectivity index (χ3n) is 2.51. The molecule has 1 fully saturated rings. The van der Waals surface area contributed by atoms with Crippen LogP contribution in [-0.2, 0) is 0 Å². The second-order valence-corrected chi connectivity index (χ2v) is 4.16. The standard InChI is InChI=1S/C10H18O/c1-7(2)4-9-5-10(6-9)8(3)11/h7,9-11H,3-6H2,1-2H3. The molecule has 0 aliphatic heterocycles. The first-order chi connectivity index (χ1) is 5.09. The van der Waals surface area contributed by atoms with Crippen molar-refractivity contribution < 1.29 is 5.11 Å². The van der Waals surface area contributed by atoms with Gasteiger partial charge in [0, 0.05) is 5.92 Å². The molecule has 0 aromatic rings. The van der Waals surface area contributed by atoms with E-state index in [0.717, 1.165) is 24.7 Å². The zero-order chi connectivity index (χ0) is 8.43. The Bertz CT molecular complexity index is 143. The molecule has 0 amide bonds. The van der Waals surface area contributed by atoms with Gasteiger partial charge >= 0.3 is 0 Å². The van der Waals surface area contributed by atoms with E-state index < -0.39 is 0 Å². The molecular formula is C10H18O. The predicted octanol–water partition coefficient (Wildman–Crippen LogP) is 3.13. The van der Waals surface area contributed by atoms with Crippen LogP contribution < -0.4 is 0 Å². The quantitative estimate of drug-likeness (QED) is 0.619. The Morgan fingerprint density at radius 2 is 2.09 bits per heavy atom. The molecule has 11 heavy (non-hydrogen) atoms. The highest BCUT2D eigenvalue weighted by atomic mass is 16.3. The molecule has 1 nitrogen and oxygen atoms in total. The molecule has 0 heterocycles. The maximum absolute atomic E-state index is 9.03. The van der Waals surface area contributed by atoms with Gasteiger partial charge in [-0.25, -0.2) is 0 Å². The fraction of sp³-hybridized carbons (Fsp3) is 0.800. The van der Waals surface area contributed by atoms with Crippen molar-refractivity contribution in [3.63, 3.8) is 0 Å². The van der Waals surface area contributed by atoms with Crippen molar-refractivity contribution in [2.45, 2.75) is 33.1 Å². The third kappa shape index (κ3) is 2.25. The smallest absolute Gasteiger partial charge is 0.0882 e. The first-order valence-electron chi connectivity index (χ1n) is 4.47. The van der Waals surface area contributed by atoms with E-state index in [1.54, 1.807) is 0 Å². The Kier molecular flexibility index (Phi) is 2.58. The lowest BCUT2D eigenvalue weighted by atomic mass is 9.71. The highest BCUT2D eigenvalue weighted by Gasteiger charge is 2.30. The van der Waals surface area contributed by atoms with Gasteiger partial charge in [0.15, 0.2) is 0 Å². The minimum Gasteiger partial charge on any atom is -0.513 e. The maximum Gasteiger partial charge on any atom is 0.0882 e. The molecule has 0 aromatic carbocycles. The summed E-state index contributed by atoms with van der Waals surface area (Å²) in [5.74, 6) is 2.46. The maximum atomic E-state index is 9.03. The van der Waals surface area contributed by atoms with E-state index in [-0.39, 0.29) is 0 Å². The topological polar surface area (TPSA) is 20.2 Å². The Morgan fingerprint density at radius 1 is 1.55 bits per heavy atom. The van der Waals surface area contributed by atoms with Crippen LogP contribution in [0.4, 0.5) is 0 Å². The predicted molar refractivity (Wildman–Crippen MR) is 47.4 cm³/mol. The Balaban J connectivity index is 2.14. The summed E-state index contributed by atoms with van der Waals surface area (Å²) in [6.07, 6.45) is 3.63. The van der Waals surface area contributed by atoms with Gasteiger partial charge in [0.1, 0.15) is 0 Å². The number of rotatable bonds is 3. The van der Waals surface area contributed by atoms with Gasteiger partial charge in [0.2, 0.25) is 0 Å². The monoisotopic (exact) mass is 154 g/mol. The Morgan fingerprint density at radius 3 is 2.45 bits per heavy atom. The average Bonchev–Trinajstić information content (AvgIpc) is 1.75. The van der Waals surface area contributed by atoms with Crippen molar-refractivity contribution in [3.05, 3.63) is 12.3 Å². The Hall–Kier alpha value is -0.460. The van der Waals surface area contributed by atoms with Gasteiger partial charge in [-0.1, -0.05) is 20.4 Å². The zero-order valence-corrected chi connectivity index (χ0v) is 7.51. The fourth-order valence-corrected chi connectivity index (χ4v) is 1.87. The molecule has 0 aromatic heterocycles. The summed E-state index contributed by atoms with van der Waals surface area (Å²) in [6.45, 7) is 8.05. The first kappa shape index (κ1) is 8.63. The van der Waals surface area contributed by atoms with Crippen molar-refractivity contribution in [3.8, 4) is 0 Å². The van der Waals surface area contributed by atoms with E-state index in [4.69, 9.17) is 5.11 Å². The van der Waals surface area contributed by atoms with Crippen molar-refractivity contribution >= 4 is 0 Å². The van der Waals surface area contributed by atoms with E-state index >= 15 is 0 Å². The van der Waals surface area contributed by atoms with Gasteiger partial charge in [-0.05, 0) is 31.1 Å². The number of hydrogen-bond donors (Lipinski definition) is 1. The van der Waals surface area contributed by atoms with E-state index in [1.807, 2.05) is 0 Å². The molecule has 1 aliphatic carbocycles. The number of hydrogen-bond acceptors (Lipinski definition) is 1. The normalized spacial score (nSPS) is 30.1. The summed E-state index contributed by atoms with van der Waals surface area (Å²) in [5.41, 5.74) is 0. The SMILES string of the molecule is C=C(O)C1CC(CC(C)C)C1. The van der Waals surface area contributed by atoms with Crippen LogP contribution in [0.3, 0.4) is 0 Å². The molecule has 0 bridgehead atoms. The molecule has 0 atom stereocenters. The van der Waals surface area contributed by atoms with Gasteiger partial charge in [0.05, 0.1) is 5.76 Å². The minimum absolute atomic E-state index is 0.394. The van der Waals surface area contributed by atoms with Crippen LogP contribution in [-0.4, -0.2) is 5.11 Å². The zero-order valence-electron chi connectivity index (χ0n) is 7.51. The van der Waals surface area contributed by atoms with Crippen LogP contribution in [0.15, 0.2) is 12.3 Å². The van der Waals surface area contributed by atoms with Gasteiger partial charge in [-0.15, -0.1) is 0 Å². The minimum atomic E-state index is 0.394. The van der Waals surface area contributed by atoms with Gasteiger partial charge in [0.25, 0.3) is 0 Å². The fourth-order valence-electron chi connectivity index (χ4n) is 1.87. The molecule has 0 unspecified atom stereocenters. The van der Waals surface area contributed by atoms with Crippen LogP contribution in [0.1, 0.15) is 33.1 Å². The molecule has 0 spiro atoms. The van der Waals surface area contributed by atoms with E-state index in [9.17, 15) is 0 Å². The van der Waals surface area contributed by atoms with Crippen molar-refractivity contribution in [2.75, 3.05) is 0 Å². The van der Waals surface area contributed by atoms with Crippen LogP contribution in [0.5, 0.6) is 0 Å². The molecule has 1 saturated carbocycles. The summed E-state index contributed by atoms with van der Waals surface area (Å²) in [7, 11) is 0. The van der Waals surface area contributed by atoms with Gasteiger partial charge < -0.3 is 5.11 Å². The largest absolute Gasteiger partial charge is 0.513 e. The Labute approximate surface area is 69.1 Å². The highest BCUT2D eigenvalue weighted by molar-refractivity contribution is 4.97. The highest BCUT2D eigenvalue weighted by Crippen LogP contribution is 2.40. The average molecular weight is 154 g/mol. The van der Waals surface area contributed by atoms with E-state index in [2.05, 4.69) is 20.4 Å². The first-order valence-corrected chi connectivity index (χ1v) is 4.47. The summed E-state index contributed by atoms with van der Waals surface area (Å²) in [4.78, 5) is 0. The van der Waals surface area contributed by atoms with E-state index in [1.165, 1.54) is 6.42 Å². The molecule has 1 aliphatic rings. The summed E-state index contributed by atoms with van der Waals surface area (Å²) in [6, 6.07) is 0.